The first-order valence-corrected chi connectivity index (χ1v) is 11.3. The van der Waals surface area contributed by atoms with E-state index in [-0.39, 0.29) is 5.75 Å². The maximum absolute atomic E-state index is 9.71. The first-order chi connectivity index (χ1) is 16.1. The highest BCUT2D eigenvalue weighted by Gasteiger charge is 2.12. The molecule has 33 heavy (non-hydrogen) atoms. The summed E-state index contributed by atoms with van der Waals surface area (Å²) < 4.78 is 5.32. The van der Waals surface area contributed by atoms with E-state index >= 15 is 0 Å². The van der Waals surface area contributed by atoms with Crippen LogP contribution < -0.4 is 14.5 Å². The molecule has 0 atom stereocenters. The lowest BCUT2D eigenvalue weighted by molar-refractivity contribution is 0.419. The molecular weight excluding hydrogens is 416 g/mol. The number of phenolic OH excluding ortho intramolecular Hbond substituents is 1. The maximum Gasteiger partial charge on any atom is 0.145 e. The standard InChI is InChI=1S/C13H17N3O.C12H15N3O/c1-4-16(5-2)13-10-7-6-8-11(17-3)12(10)14-9-15-13;1-3-15(4-2)12-9-6-5-7-10(16)11(9)13-8-14-12/h6-9H,4-5H2,1-3H3;5-8,16H,3-4H2,1-2H3. The lowest BCUT2D eigenvalue weighted by atomic mass is 10.2. The number of methoxy groups -OCH3 is 1. The Morgan fingerprint density at radius 1 is 0.697 bits per heavy atom. The molecule has 8 heteroatoms. The van der Waals surface area contributed by atoms with Gasteiger partial charge in [0.2, 0.25) is 0 Å². The number of aromatic nitrogens is 4. The van der Waals surface area contributed by atoms with Gasteiger partial charge in [-0.2, -0.15) is 0 Å². The van der Waals surface area contributed by atoms with Crippen molar-refractivity contribution in [3.63, 3.8) is 0 Å². The van der Waals surface area contributed by atoms with E-state index in [0.29, 0.717) is 5.52 Å². The van der Waals surface area contributed by atoms with Crippen LogP contribution >= 0.6 is 0 Å². The third-order valence-corrected chi connectivity index (χ3v) is 5.58. The molecule has 0 unspecified atom stereocenters. The van der Waals surface area contributed by atoms with E-state index in [1.165, 1.54) is 6.33 Å². The van der Waals surface area contributed by atoms with Crippen LogP contribution in [-0.2, 0) is 0 Å². The van der Waals surface area contributed by atoms with E-state index in [1.54, 1.807) is 19.5 Å². The van der Waals surface area contributed by atoms with Gasteiger partial charge >= 0.3 is 0 Å². The van der Waals surface area contributed by atoms with Crippen molar-refractivity contribution in [2.75, 3.05) is 43.1 Å². The zero-order valence-corrected chi connectivity index (χ0v) is 20.0. The summed E-state index contributed by atoms with van der Waals surface area (Å²) in [6.45, 7) is 12.0. The summed E-state index contributed by atoms with van der Waals surface area (Å²) in [5.41, 5.74) is 1.48. The first-order valence-electron chi connectivity index (χ1n) is 11.3. The Kier molecular flexibility index (Phi) is 8.18. The monoisotopic (exact) mass is 448 g/mol. The Hall–Kier alpha value is -3.68. The molecule has 174 valence electrons. The fraction of sp³-hybridized carbons (Fsp3) is 0.360. The molecule has 0 aliphatic carbocycles. The molecule has 0 bridgehead atoms. The Balaban J connectivity index is 0.000000186. The number of benzene rings is 2. The van der Waals surface area contributed by atoms with Crippen LogP contribution in [-0.4, -0.2) is 58.3 Å². The summed E-state index contributed by atoms with van der Waals surface area (Å²) in [5, 5.41) is 11.6. The van der Waals surface area contributed by atoms with Crippen molar-refractivity contribution in [2.45, 2.75) is 27.7 Å². The summed E-state index contributed by atoms with van der Waals surface area (Å²) in [4.78, 5) is 21.4. The smallest absolute Gasteiger partial charge is 0.145 e. The second-order valence-electron chi connectivity index (χ2n) is 7.27. The zero-order chi connectivity index (χ0) is 23.8. The quantitative estimate of drug-likeness (QED) is 0.437. The third kappa shape index (κ3) is 5.05. The number of aromatic hydroxyl groups is 1. The molecule has 2 heterocycles. The Bertz CT molecular complexity index is 1190. The number of ether oxygens (including phenoxy) is 1. The van der Waals surface area contributed by atoms with Crippen molar-refractivity contribution in [1.82, 2.24) is 19.9 Å². The van der Waals surface area contributed by atoms with Crippen LogP contribution in [0.15, 0.2) is 49.1 Å². The van der Waals surface area contributed by atoms with Crippen molar-refractivity contribution in [2.24, 2.45) is 0 Å². The molecule has 0 spiro atoms. The van der Waals surface area contributed by atoms with Gasteiger partial charge in [-0.1, -0.05) is 12.1 Å². The average Bonchev–Trinajstić information content (AvgIpc) is 2.86. The van der Waals surface area contributed by atoms with Gasteiger partial charge in [-0.15, -0.1) is 0 Å². The minimum atomic E-state index is 0.202. The Morgan fingerprint density at radius 3 is 1.70 bits per heavy atom. The molecule has 0 aliphatic heterocycles. The number of nitrogens with zero attached hydrogens (tertiary/aromatic N) is 6. The molecule has 0 radical (unpaired) electrons. The van der Waals surface area contributed by atoms with Gasteiger partial charge in [0, 0.05) is 37.0 Å². The predicted octanol–water partition coefficient (Wildman–Crippen LogP) is 4.67. The summed E-state index contributed by atoms with van der Waals surface area (Å²) >= 11 is 0. The normalized spacial score (nSPS) is 10.6. The van der Waals surface area contributed by atoms with Gasteiger partial charge in [-0.25, -0.2) is 19.9 Å². The van der Waals surface area contributed by atoms with Gasteiger partial charge in [0.05, 0.1) is 7.11 Å². The molecule has 8 nitrogen and oxygen atoms in total. The second kappa shape index (κ2) is 11.3. The summed E-state index contributed by atoms with van der Waals surface area (Å²) in [7, 11) is 1.66. The number of hydrogen-bond donors (Lipinski definition) is 1. The van der Waals surface area contributed by atoms with Gasteiger partial charge in [-0.05, 0) is 52.0 Å². The first kappa shape index (κ1) is 24.0. The summed E-state index contributed by atoms with van der Waals surface area (Å²) in [5.74, 6) is 2.84. The highest BCUT2D eigenvalue weighted by Crippen LogP contribution is 2.29. The average molecular weight is 449 g/mol. The molecule has 0 aliphatic rings. The molecule has 0 amide bonds. The predicted molar refractivity (Wildman–Crippen MR) is 134 cm³/mol. The van der Waals surface area contributed by atoms with Gasteiger partial charge < -0.3 is 19.6 Å². The number of fused-ring (bicyclic) bond motifs is 2. The number of phenols is 1. The van der Waals surface area contributed by atoms with Crippen molar-refractivity contribution in [1.29, 1.82) is 0 Å². The molecule has 0 fully saturated rings. The fourth-order valence-corrected chi connectivity index (χ4v) is 3.82. The van der Waals surface area contributed by atoms with Crippen LogP contribution in [0, 0.1) is 0 Å². The molecule has 2 aromatic carbocycles. The minimum absolute atomic E-state index is 0.202. The van der Waals surface area contributed by atoms with Crippen LogP contribution in [0.25, 0.3) is 21.8 Å². The van der Waals surface area contributed by atoms with Crippen LogP contribution in [0.5, 0.6) is 11.5 Å². The van der Waals surface area contributed by atoms with Crippen LogP contribution in [0.4, 0.5) is 11.6 Å². The van der Waals surface area contributed by atoms with E-state index < -0.39 is 0 Å². The maximum atomic E-state index is 9.71. The number of rotatable bonds is 7. The lowest BCUT2D eigenvalue weighted by Crippen LogP contribution is -2.23. The van der Waals surface area contributed by atoms with Gasteiger partial charge in [0.15, 0.2) is 0 Å². The number of anilines is 2. The SMILES string of the molecule is CCN(CC)c1ncnc2c(O)cccc12.CCN(CC)c1ncnc2c(OC)cccc12. The Morgan fingerprint density at radius 2 is 1.18 bits per heavy atom. The van der Waals surface area contributed by atoms with Gasteiger partial charge in [-0.3, -0.25) is 0 Å². The van der Waals surface area contributed by atoms with Crippen molar-refractivity contribution >= 4 is 33.4 Å². The molecule has 0 saturated carbocycles. The second-order valence-corrected chi connectivity index (χ2v) is 7.27. The molecule has 2 aromatic heterocycles. The third-order valence-electron chi connectivity index (χ3n) is 5.58. The number of hydrogen-bond acceptors (Lipinski definition) is 8. The highest BCUT2D eigenvalue weighted by atomic mass is 16.5. The van der Waals surface area contributed by atoms with E-state index in [0.717, 1.165) is 59.9 Å². The topological polar surface area (TPSA) is 87.5 Å². The van der Waals surface area contributed by atoms with Crippen molar-refractivity contribution in [3.8, 4) is 11.5 Å². The minimum Gasteiger partial charge on any atom is -0.506 e. The van der Waals surface area contributed by atoms with Crippen LogP contribution in [0.2, 0.25) is 0 Å². The Labute approximate surface area is 194 Å². The van der Waals surface area contributed by atoms with Crippen LogP contribution in [0.1, 0.15) is 27.7 Å². The van der Waals surface area contributed by atoms with Crippen molar-refractivity contribution < 1.29 is 9.84 Å². The fourth-order valence-electron chi connectivity index (χ4n) is 3.82. The van der Waals surface area contributed by atoms with E-state index in [2.05, 4.69) is 57.4 Å². The molecule has 4 aromatic rings. The van der Waals surface area contributed by atoms with Gasteiger partial charge in [0.1, 0.15) is 46.8 Å². The van der Waals surface area contributed by atoms with E-state index in [9.17, 15) is 5.11 Å². The largest absolute Gasteiger partial charge is 0.506 e. The molecule has 4 rings (SSSR count). The zero-order valence-electron chi connectivity index (χ0n) is 20.0. The summed E-state index contributed by atoms with van der Waals surface area (Å²) in [6.07, 6.45) is 3.09. The van der Waals surface area contributed by atoms with E-state index in [4.69, 9.17) is 4.74 Å². The van der Waals surface area contributed by atoms with E-state index in [1.807, 2.05) is 30.3 Å². The molecular formula is C25H32N6O2. The summed E-state index contributed by atoms with van der Waals surface area (Å²) in [6, 6.07) is 11.3. The highest BCUT2D eigenvalue weighted by molar-refractivity contribution is 5.93. The van der Waals surface area contributed by atoms with Crippen molar-refractivity contribution in [3.05, 3.63) is 49.1 Å². The molecule has 0 saturated heterocycles. The lowest BCUT2D eigenvalue weighted by Gasteiger charge is -2.21. The number of para-hydroxylation sites is 2. The molecule has 1 N–H and O–H groups in total. The van der Waals surface area contributed by atoms with Crippen LogP contribution in [0.3, 0.4) is 0 Å². The van der Waals surface area contributed by atoms with Gasteiger partial charge in [0.25, 0.3) is 0 Å².